The molecule has 0 spiro atoms. The number of nitrogens with one attached hydrogen (secondary N) is 1. The molecule has 9 heteroatoms. The van der Waals surface area contributed by atoms with E-state index in [0.29, 0.717) is 31.0 Å². The minimum absolute atomic E-state index is 0.0145. The number of aryl methyl sites for hydroxylation is 2. The van der Waals surface area contributed by atoms with Gasteiger partial charge in [-0.05, 0) is 67.3 Å². The predicted molar refractivity (Wildman–Crippen MR) is 130 cm³/mol. The van der Waals surface area contributed by atoms with Crippen molar-refractivity contribution in [3.05, 3.63) is 65.5 Å². The molecule has 1 aromatic carbocycles. The fraction of sp³-hybridized carbons (Fsp3) is 0.320. The van der Waals surface area contributed by atoms with Crippen LogP contribution in [0.25, 0.3) is 0 Å². The minimum Gasteiger partial charge on any atom is -0.455 e. The van der Waals surface area contributed by atoms with Crippen LogP contribution in [0.1, 0.15) is 36.5 Å². The summed E-state index contributed by atoms with van der Waals surface area (Å²) >= 11 is 0. The fourth-order valence-electron chi connectivity index (χ4n) is 3.89. The van der Waals surface area contributed by atoms with Gasteiger partial charge in [0, 0.05) is 43.2 Å². The number of hydrogen-bond acceptors (Lipinski definition) is 7. The van der Waals surface area contributed by atoms with E-state index >= 15 is 0 Å². The van der Waals surface area contributed by atoms with Crippen molar-refractivity contribution >= 4 is 27.2 Å². The smallest absolute Gasteiger partial charge is 0.222 e. The molecule has 0 bridgehead atoms. The standard InChI is InChI=1S/C25H28N4O4S/c1-4-18-13-23(26-14-17(18)2)28-20-7-9-22(19(12-20)16-29-11-5-6-25(29)30)33-21-8-10-24(27-15-21)34(3,31)32/h7-10,12-15H,4-6,11,16H2,1-3H3,(H,26,28). The van der Waals surface area contributed by atoms with Crippen molar-refractivity contribution in [1.29, 1.82) is 0 Å². The molecule has 1 saturated heterocycles. The highest BCUT2D eigenvalue weighted by Crippen LogP contribution is 2.31. The van der Waals surface area contributed by atoms with E-state index in [9.17, 15) is 13.2 Å². The molecular formula is C25H28N4O4S. The number of anilines is 2. The summed E-state index contributed by atoms with van der Waals surface area (Å²) in [6.45, 7) is 5.28. The molecule has 2 aromatic heterocycles. The summed E-state index contributed by atoms with van der Waals surface area (Å²) in [6, 6.07) is 10.7. The number of benzene rings is 1. The topological polar surface area (TPSA) is 101 Å². The van der Waals surface area contributed by atoms with E-state index in [1.54, 1.807) is 6.07 Å². The number of carbonyl (C=O) groups excluding carboxylic acids is 1. The zero-order chi connectivity index (χ0) is 24.3. The zero-order valence-electron chi connectivity index (χ0n) is 19.5. The summed E-state index contributed by atoms with van der Waals surface area (Å²) in [5, 5.41) is 3.33. The van der Waals surface area contributed by atoms with Crippen LogP contribution in [0, 0.1) is 6.92 Å². The van der Waals surface area contributed by atoms with Crippen LogP contribution in [0.5, 0.6) is 11.5 Å². The van der Waals surface area contributed by atoms with Crippen LogP contribution in [0.4, 0.5) is 11.5 Å². The number of amides is 1. The van der Waals surface area contributed by atoms with Crippen molar-refractivity contribution in [1.82, 2.24) is 14.9 Å². The quantitative estimate of drug-likeness (QED) is 0.510. The van der Waals surface area contributed by atoms with E-state index in [-0.39, 0.29) is 10.9 Å². The van der Waals surface area contributed by atoms with Crippen molar-refractivity contribution < 1.29 is 17.9 Å². The van der Waals surface area contributed by atoms with Crippen LogP contribution in [-0.4, -0.2) is 42.0 Å². The number of pyridine rings is 2. The molecule has 0 radical (unpaired) electrons. The van der Waals surface area contributed by atoms with E-state index in [4.69, 9.17) is 4.74 Å². The Morgan fingerprint density at radius 2 is 1.91 bits per heavy atom. The first-order valence-corrected chi connectivity index (χ1v) is 13.1. The third kappa shape index (κ3) is 5.53. The van der Waals surface area contributed by atoms with Crippen molar-refractivity contribution in [2.45, 2.75) is 44.7 Å². The van der Waals surface area contributed by atoms with Gasteiger partial charge in [-0.15, -0.1) is 0 Å². The van der Waals surface area contributed by atoms with Gasteiger partial charge in [0.1, 0.15) is 17.3 Å². The normalized spacial score (nSPS) is 13.9. The Morgan fingerprint density at radius 1 is 1.09 bits per heavy atom. The minimum atomic E-state index is -3.39. The molecule has 3 heterocycles. The molecule has 1 amide bonds. The maximum atomic E-state index is 12.3. The fourth-order valence-corrected chi connectivity index (χ4v) is 4.45. The average molecular weight is 481 g/mol. The molecule has 0 unspecified atom stereocenters. The van der Waals surface area contributed by atoms with Crippen LogP contribution in [0.3, 0.4) is 0 Å². The molecule has 1 fully saturated rings. The van der Waals surface area contributed by atoms with Crippen LogP contribution in [0.15, 0.2) is 53.8 Å². The Bertz CT molecular complexity index is 1310. The first kappa shape index (κ1) is 23.7. The molecule has 1 N–H and O–H groups in total. The number of carbonyl (C=O) groups is 1. The van der Waals surface area contributed by atoms with Gasteiger partial charge in [0.25, 0.3) is 0 Å². The van der Waals surface area contributed by atoms with Crippen LogP contribution < -0.4 is 10.1 Å². The van der Waals surface area contributed by atoms with Crippen molar-refractivity contribution in [2.24, 2.45) is 0 Å². The number of aromatic nitrogens is 2. The van der Waals surface area contributed by atoms with E-state index in [1.165, 1.54) is 17.8 Å². The lowest BCUT2D eigenvalue weighted by Gasteiger charge is -2.19. The number of hydrogen-bond donors (Lipinski definition) is 1. The highest BCUT2D eigenvalue weighted by molar-refractivity contribution is 7.90. The molecule has 178 valence electrons. The molecule has 0 atom stereocenters. The summed E-state index contributed by atoms with van der Waals surface area (Å²) in [4.78, 5) is 22.5. The van der Waals surface area contributed by atoms with Gasteiger partial charge < -0.3 is 15.0 Å². The van der Waals surface area contributed by atoms with Crippen LogP contribution in [-0.2, 0) is 27.6 Å². The Morgan fingerprint density at radius 3 is 2.56 bits per heavy atom. The van der Waals surface area contributed by atoms with Crippen LogP contribution in [0.2, 0.25) is 0 Å². The number of ether oxygens (including phenoxy) is 1. The molecule has 8 nitrogen and oxygen atoms in total. The zero-order valence-corrected chi connectivity index (χ0v) is 20.4. The molecular weight excluding hydrogens is 452 g/mol. The van der Waals surface area contributed by atoms with Crippen molar-refractivity contribution in [3.63, 3.8) is 0 Å². The number of likely N-dealkylation sites (tertiary alicyclic amines) is 1. The Hall–Kier alpha value is -3.46. The maximum absolute atomic E-state index is 12.3. The van der Waals surface area contributed by atoms with Crippen molar-refractivity contribution in [3.8, 4) is 11.5 Å². The highest BCUT2D eigenvalue weighted by atomic mass is 32.2. The van der Waals surface area contributed by atoms with E-state index < -0.39 is 9.84 Å². The second kappa shape index (κ2) is 9.80. The number of nitrogens with zero attached hydrogens (tertiary/aromatic N) is 3. The highest BCUT2D eigenvalue weighted by Gasteiger charge is 2.22. The van der Waals surface area contributed by atoms with Gasteiger partial charge in [-0.2, -0.15) is 0 Å². The second-order valence-corrected chi connectivity index (χ2v) is 10.4. The van der Waals surface area contributed by atoms with Gasteiger partial charge in [0.05, 0.1) is 6.20 Å². The van der Waals surface area contributed by atoms with Gasteiger partial charge in [0.2, 0.25) is 5.91 Å². The molecule has 0 aliphatic carbocycles. The average Bonchev–Trinajstić information content (AvgIpc) is 3.21. The number of sulfone groups is 1. The van der Waals surface area contributed by atoms with Gasteiger partial charge in [-0.3, -0.25) is 4.79 Å². The van der Waals surface area contributed by atoms with Gasteiger partial charge in [-0.25, -0.2) is 18.4 Å². The SMILES string of the molecule is CCc1cc(Nc2ccc(Oc3ccc(S(C)(=O)=O)nc3)c(CN3CCCC3=O)c2)ncc1C. The van der Waals surface area contributed by atoms with Gasteiger partial charge in [-0.1, -0.05) is 6.92 Å². The second-order valence-electron chi connectivity index (χ2n) is 8.42. The number of rotatable bonds is 8. The third-order valence-corrected chi connectivity index (χ3v) is 6.78. The molecule has 1 aliphatic heterocycles. The molecule has 0 saturated carbocycles. The molecule has 3 aromatic rings. The largest absolute Gasteiger partial charge is 0.455 e. The first-order valence-electron chi connectivity index (χ1n) is 11.2. The lowest BCUT2D eigenvalue weighted by molar-refractivity contribution is -0.128. The monoisotopic (exact) mass is 480 g/mol. The maximum Gasteiger partial charge on any atom is 0.222 e. The third-order valence-electron chi connectivity index (χ3n) is 5.78. The Kier molecular flexibility index (Phi) is 6.83. The molecule has 34 heavy (non-hydrogen) atoms. The van der Waals surface area contributed by atoms with Crippen LogP contribution >= 0.6 is 0 Å². The lowest BCUT2D eigenvalue weighted by atomic mass is 10.1. The van der Waals surface area contributed by atoms with E-state index in [0.717, 1.165) is 41.7 Å². The molecule has 4 rings (SSSR count). The molecule has 1 aliphatic rings. The van der Waals surface area contributed by atoms with E-state index in [1.807, 2.05) is 42.3 Å². The van der Waals surface area contributed by atoms with Gasteiger partial charge >= 0.3 is 0 Å². The Labute approximate surface area is 199 Å². The van der Waals surface area contributed by atoms with Crippen molar-refractivity contribution in [2.75, 3.05) is 18.1 Å². The van der Waals surface area contributed by atoms with Gasteiger partial charge in [0.15, 0.2) is 14.9 Å². The summed E-state index contributed by atoms with van der Waals surface area (Å²) in [5.41, 5.74) is 4.04. The Balaban J connectivity index is 1.62. The summed E-state index contributed by atoms with van der Waals surface area (Å²) in [6.07, 6.45) is 6.67. The first-order chi connectivity index (χ1) is 16.2. The predicted octanol–water partition coefficient (Wildman–Crippen LogP) is 4.41. The van der Waals surface area contributed by atoms with E-state index in [2.05, 4.69) is 22.2 Å². The lowest BCUT2D eigenvalue weighted by Crippen LogP contribution is -2.24. The summed E-state index contributed by atoms with van der Waals surface area (Å²) in [7, 11) is -3.39. The summed E-state index contributed by atoms with van der Waals surface area (Å²) < 4.78 is 29.4. The summed E-state index contributed by atoms with van der Waals surface area (Å²) in [5.74, 6) is 1.86.